The standard InChI is InChI=1S/C20H18FN3O4S/c1-15-8-10-17(11-9-15)29(26,27)24(19-7-3-2-6-18(19)21)14-20(25)23-22-13-16-5-4-12-28-16/h2-13H,14H2,1H3,(H,23,25). The highest BCUT2D eigenvalue weighted by atomic mass is 32.2. The molecule has 0 saturated carbocycles. The predicted molar refractivity (Wildman–Crippen MR) is 107 cm³/mol. The molecule has 0 bridgehead atoms. The van der Waals surface area contributed by atoms with Gasteiger partial charge in [-0.2, -0.15) is 5.10 Å². The fourth-order valence-corrected chi connectivity index (χ4v) is 3.92. The highest BCUT2D eigenvalue weighted by Crippen LogP contribution is 2.26. The number of hydrogen-bond donors (Lipinski definition) is 1. The number of hydrogen-bond acceptors (Lipinski definition) is 5. The molecule has 9 heteroatoms. The average Bonchev–Trinajstić information content (AvgIpc) is 3.20. The molecule has 0 spiro atoms. The summed E-state index contributed by atoms with van der Waals surface area (Å²) in [5.41, 5.74) is 2.84. The van der Waals surface area contributed by atoms with Crippen molar-refractivity contribution in [3.05, 3.63) is 84.1 Å². The molecule has 7 nitrogen and oxygen atoms in total. The molecular formula is C20H18FN3O4S. The third-order valence-corrected chi connectivity index (χ3v) is 5.72. The van der Waals surface area contributed by atoms with Gasteiger partial charge in [0.25, 0.3) is 15.9 Å². The minimum Gasteiger partial charge on any atom is -0.463 e. The van der Waals surface area contributed by atoms with E-state index < -0.39 is 28.3 Å². The van der Waals surface area contributed by atoms with E-state index in [2.05, 4.69) is 10.5 Å². The van der Waals surface area contributed by atoms with Crippen LogP contribution < -0.4 is 9.73 Å². The van der Waals surface area contributed by atoms with Gasteiger partial charge in [0.2, 0.25) is 0 Å². The summed E-state index contributed by atoms with van der Waals surface area (Å²) in [6, 6.07) is 14.7. The topological polar surface area (TPSA) is 92.0 Å². The molecule has 2 aromatic carbocycles. The average molecular weight is 415 g/mol. The summed E-state index contributed by atoms with van der Waals surface area (Å²) in [5, 5.41) is 3.72. The Labute approximate surface area is 167 Å². The Hall–Kier alpha value is -3.46. The molecule has 0 atom stereocenters. The van der Waals surface area contributed by atoms with Crippen molar-refractivity contribution < 1.29 is 22.0 Å². The second kappa shape index (κ2) is 8.70. The van der Waals surface area contributed by atoms with Gasteiger partial charge in [-0.25, -0.2) is 18.2 Å². The highest BCUT2D eigenvalue weighted by Gasteiger charge is 2.29. The molecule has 0 aliphatic carbocycles. The smallest absolute Gasteiger partial charge is 0.264 e. The number of sulfonamides is 1. The Kier molecular flexibility index (Phi) is 6.08. The van der Waals surface area contributed by atoms with Crippen LogP contribution in [0.5, 0.6) is 0 Å². The van der Waals surface area contributed by atoms with Crippen LogP contribution in [0.3, 0.4) is 0 Å². The molecule has 0 aliphatic rings. The van der Waals surface area contributed by atoms with Gasteiger partial charge in [0, 0.05) is 0 Å². The van der Waals surface area contributed by atoms with E-state index in [-0.39, 0.29) is 10.6 Å². The number of rotatable bonds is 7. The Bertz CT molecular complexity index is 1110. The molecule has 3 aromatic rings. The molecule has 29 heavy (non-hydrogen) atoms. The van der Waals surface area contributed by atoms with E-state index in [9.17, 15) is 17.6 Å². The summed E-state index contributed by atoms with van der Waals surface area (Å²) in [5.74, 6) is -1.11. The van der Waals surface area contributed by atoms with Gasteiger partial charge in [0.15, 0.2) is 0 Å². The molecule has 0 fully saturated rings. The van der Waals surface area contributed by atoms with E-state index in [0.29, 0.717) is 10.1 Å². The van der Waals surface area contributed by atoms with Crippen molar-refractivity contribution >= 4 is 27.8 Å². The van der Waals surface area contributed by atoms with Crippen LogP contribution in [0, 0.1) is 12.7 Å². The molecule has 1 N–H and O–H groups in total. The Morgan fingerprint density at radius 2 is 1.86 bits per heavy atom. The zero-order valence-electron chi connectivity index (χ0n) is 15.4. The van der Waals surface area contributed by atoms with Crippen LogP contribution in [0.1, 0.15) is 11.3 Å². The lowest BCUT2D eigenvalue weighted by Crippen LogP contribution is -2.40. The number of benzene rings is 2. The lowest BCUT2D eigenvalue weighted by atomic mass is 10.2. The molecule has 3 rings (SSSR count). The van der Waals surface area contributed by atoms with Crippen molar-refractivity contribution in [2.75, 3.05) is 10.8 Å². The number of para-hydroxylation sites is 1. The van der Waals surface area contributed by atoms with Gasteiger partial charge >= 0.3 is 0 Å². The first kappa shape index (κ1) is 20.3. The summed E-state index contributed by atoms with van der Waals surface area (Å²) in [6.07, 6.45) is 2.71. The normalized spacial score (nSPS) is 11.5. The van der Waals surface area contributed by atoms with E-state index in [4.69, 9.17) is 4.42 Å². The number of hydrazone groups is 1. The van der Waals surface area contributed by atoms with Gasteiger partial charge in [0.05, 0.1) is 23.1 Å². The maximum atomic E-state index is 14.4. The highest BCUT2D eigenvalue weighted by molar-refractivity contribution is 7.92. The summed E-state index contributed by atoms with van der Waals surface area (Å²) in [6.45, 7) is 1.15. The quantitative estimate of drug-likeness (QED) is 0.474. The Balaban J connectivity index is 1.88. The Morgan fingerprint density at radius 3 is 2.52 bits per heavy atom. The van der Waals surface area contributed by atoms with E-state index in [1.807, 2.05) is 6.92 Å². The van der Waals surface area contributed by atoms with Crippen molar-refractivity contribution in [1.29, 1.82) is 0 Å². The maximum absolute atomic E-state index is 14.4. The van der Waals surface area contributed by atoms with Gasteiger partial charge in [-0.1, -0.05) is 29.8 Å². The SMILES string of the molecule is Cc1ccc(S(=O)(=O)N(CC(=O)NN=Cc2ccco2)c2ccccc2F)cc1. The molecule has 1 amide bonds. The summed E-state index contributed by atoms with van der Waals surface area (Å²) in [4.78, 5) is 12.3. The molecule has 0 aliphatic heterocycles. The van der Waals surface area contributed by atoms with Crippen LogP contribution >= 0.6 is 0 Å². The van der Waals surface area contributed by atoms with Gasteiger partial charge in [-0.15, -0.1) is 0 Å². The molecule has 1 aromatic heterocycles. The van der Waals surface area contributed by atoms with Gasteiger partial charge in [0.1, 0.15) is 18.1 Å². The largest absolute Gasteiger partial charge is 0.463 e. The third kappa shape index (κ3) is 4.88. The number of anilines is 1. The maximum Gasteiger partial charge on any atom is 0.264 e. The van der Waals surface area contributed by atoms with Crippen LogP contribution in [0.4, 0.5) is 10.1 Å². The molecular weight excluding hydrogens is 397 g/mol. The van der Waals surface area contributed by atoms with Crippen LogP contribution in [-0.2, 0) is 14.8 Å². The van der Waals surface area contributed by atoms with Crippen LogP contribution in [0.2, 0.25) is 0 Å². The number of nitrogens with zero attached hydrogens (tertiary/aromatic N) is 2. The first-order valence-corrected chi connectivity index (χ1v) is 10.0. The Morgan fingerprint density at radius 1 is 1.14 bits per heavy atom. The number of carbonyl (C=O) groups excluding carboxylic acids is 1. The number of amides is 1. The van der Waals surface area contributed by atoms with E-state index >= 15 is 0 Å². The second-order valence-corrected chi connectivity index (χ2v) is 7.95. The monoisotopic (exact) mass is 415 g/mol. The fraction of sp³-hybridized carbons (Fsp3) is 0.100. The zero-order valence-corrected chi connectivity index (χ0v) is 16.3. The van der Waals surface area contributed by atoms with Gasteiger partial charge < -0.3 is 4.42 Å². The summed E-state index contributed by atoms with van der Waals surface area (Å²) in [7, 11) is -4.19. The van der Waals surface area contributed by atoms with Gasteiger partial charge in [-0.3, -0.25) is 9.10 Å². The number of aryl methyl sites for hydroxylation is 1. The van der Waals surface area contributed by atoms with Crippen molar-refractivity contribution in [3.63, 3.8) is 0 Å². The minimum absolute atomic E-state index is 0.0572. The minimum atomic E-state index is -4.19. The lowest BCUT2D eigenvalue weighted by molar-refractivity contribution is -0.119. The molecule has 1 heterocycles. The van der Waals surface area contributed by atoms with Crippen molar-refractivity contribution in [3.8, 4) is 0 Å². The summed E-state index contributed by atoms with van der Waals surface area (Å²) < 4.78 is 46.4. The summed E-state index contributed by atoms with van der Waals surface area (Å²) >= 11 is 0. The number of halogens is 1. The van der Waals surface area contributed by atoms with E-state index in [0.717, 1.165) is 11.6 Å². The van der Waals surface area contributed by atoms with Gasteiger partial charge in [-0.05, 0) is 43.3 Å². The van der Waals surface area contributed by atoms with Crippen molar-refractivity contribution in [2.24, 2.45) is 5.10 Å². The predicted octanol–water partition coefficient (Wildman–Crippen LogP) is 3.07. The third-order valence-electron chi connectivity index (χ3n) is 3.94. The molecule has 150 valence electrons. The van der Waals surface area contributed by atoms with Crippen LogP contribution in [-0.4, -0.2) is 27.1 Å². The van der Waals surface area contributed by atoms with Crippen LogP contribution in [0.25, 0.3) is 0 Å². The van der Waals surface area contributed by atoms with E-state index in [1.54, 1.807) is 24.3 Å². The lowest BCUT2D eigenvalue weighted by Gasteiger charge is -2.24. The number of furan rings is 1. The van der Waals surface area contributed by atoms with Crippen molar-refractivity contribution in [1.82, 2.24) is 5.43 Å². The first-order valence-electron chi connectivity index (χ1n) is 8.57. The number of nitrogens with one attached hydrogen (secondary N) is 1. The molecule has 0 radical (unpaired) electrons. The first-order chi connectivity index (χ1) is 13.9. The molecule has 0 saturated heterocycles. The van der Waals surface area contributed by atoms with E-state index in [1.165, 1.54) is 42.8 Å². The van der Waals surface area contributed by atoms with Crippen LogP contribution in [0.15, 0.2) is 81.3 Å². The fourth-order valence-electron chi connectivity index (χ4n) is 2.49. The zero-order chi connectivity index (χ0) is 20.9. The number of carbonyl (C=O) groups is 1. The van der Waals surface area contributed by atoms with Crippen molar-refractivity contribution in [2.45, 2.75) is 11.8 Å². The second-order valence-electron chi connectivity index (χ2n) is 6.08. The molecule has 0 unspecified atom stereocenters.